The fraction of sp³-hybridized carbons (Fsp3) is 0.950. The van der Waals surface area contributed by atoms with Gasteiger partial charge in [-0.1, -0.05) is 6.92 Å². The van der Waals surface area contributed by atoms with E-state index in [4.69, 9.17) is 9.84 Å². The Hall–Kier alpha value is -0.570. The molecule has 0 aromatic heterocycles. The van der Waals surface area contributed by atoms with Crippen LogP contribution >= 0.6 is 0 Å². The highest BCUT2D eigenvalue weighted by atomic mass is 16.5. The Morgan fingerprint density at radius 3 is 2.57 bits per heavy atom. The number of aliphatic carboxylic acids is 1. The third-order valence-electron chi connectivity index (χ3n) is 7.00. The maximum Gasteiger partial charge on any atom is 0.303 e. The normalized spacial score (nSPS) is 43.7. The quantitative estimate of drug-likeness (QED) is 0.805. The molecule has 1 N–H and O–H groups in total. The fourth-order valence-corrected chi connectivity index (χ4v) is 6.07. The smallest absolute Gasteiger partial charge is 0.303 e. The van der Waals surface area contributed by atoms with Crippen LogP contribution in [0, 0.1) is 29.1 Å². The summed E-state index contributed by atoms with van der Waals surface area (Å²) in [6.45, 7) is 8.99. The van der Waals surface area contributed by atoms with Gasteiger partial charge >= 0.3 is 5.97 Å². The Kier molecular flexibility index (Phi) is 4.54. The summed E-state index contributed by atoms with van der Waals surface area (Å²) in [5.74, 6) is 2.17. The highest BCUT2D eigenvalue weighted by Gasteiger charge is 2.55. The van der Waals surface area contributed by atoms with Crippen molar-refractivity contribution in [2.75, 3.05) is 0 Å². The molecule has 0 spiro atoms. The number of fused-ring (bicyclic) bond motifs is 3. The van der Waals surface area contributed by atoms with Gasteiger partial charge in [0, 0.05) is 6.42 Å². The number of ether oxygens (including phenoxy) is 1. The van der Waals surface area contributed by atoms with E-state index in [0.29, 0.717) is 23.9 Å². The van der Waals surface area contributed by atoms with E-state index in [1.54, 1.807) is 0 Å². The Bertz CT molecular complexity index is 452. The second-order valence-corrected chi connectivity index (χ2v) is 9.65. The molecular formula is C20H34O3. The van der Waals surface area contributed by atoms with Crippen molar-refractivity contribution >= 4 is 5.97 Å². The van der Waals surface area contributed by atoms with Crippen LogP contribution < -0.4 is 0 Å². The molecule has 3 aliphatic carbocycles. The molecule has 0 radical (unpaired) electrons. The van der Waals surface area contributed by atoms with Crippen molar-refractivity contribution < 1.29 is 14.6 Å². The van der Waals surface area contributed by atoms with E-state index < -0.39 is 5.97 Å². The fourth-order valence-electron chi connectivity index (χ4n) is 6.07. The third kappa shape index (κ3) is 3.45. The van der Waals surface area contributed by atoms with Gasteiger partial charge in [0.05, 0.1) is 11.7 Å². The van der Waals surface area contributed by atoms with E-state index in [2.05, 4.69) is 27.7 Å². The molecule has 3 aliphatic rings. The molecule has 6 atom stereocenters. The Labute approximate surface area is 141 Å². The van der Waals surface area contributed by atoms with Crippen LogP contribution in [0.15, 0.2) is 0 Å². The first-order valence-electron chi connectivity index (χ1n) is 9.58. The van der Waals surface area contributed by atoms with Crippen molar-refractivity contribution in [1.82, 2.24) is 0 Å². The van der Waals surface area contributed by atoms with Gasteiger partial charge in [-0.15, -0.1) is 0 Å². The molecule has 0 bridgehead atoms. The maximum absolute atomic E-state index is 11.0. The molecule has 0 aromatic carbocycles. The van der Waals surface area contributed by atoms with Gasteiger partial charge in [0.1, 0.15) is 0 Å². The second kappa shape index (κ2) is 6.06. The van der Waals surface area contributed by atoms with Crippen LogP contribution in [-0.2, 0) is 9.53 Å². The van der Waals surface area contributed by atoms with E-state index in [1.165, 1.54) is 32.1 Å². The van der Waals surface area contributed by atoms with Crippen LogP contribution in [0.4, 0.5) is 0 Å². The lowest BCUT2D eigenvalue weighted by Gasteiger charge is -2.52. The zero-order chi connectivity index (χ0) is 16.8. The van der Waals surface area contributed by atoms with E-state index in [9.17, 15) is 4.79 Å². The average Bonchev–Trinajstić information content (AvgIpc) is 2.74. The number of carboxylic acids is 1. The van der Waals surface area contributed by atoms with Gasteiger partial charge in [0.15, 0.2) is 0 Å². The Morgan fingerprint density at radius 1 is 1.17 bits per heavy atom. The first-order chi connectivity index (χ1) is 10.7. The lowest BCUT2D eigenvalue weighted by Crippen LogP contribution is -2.47. The molecule has 0 unspecified atom stereocenters. The number of hydrogen-bond acceptors (Lipinski definition) is 2. The summed E-state index contributed by atoms with van der Waals surface area (Å²) in [7, 11) is 0. The van der Waals surface area contributed by atoms with Gasteiger partial charge in [-0.2, -0.15) is 0 Å². The van der Waals surface area contributed by atoms with E-state index >= 15 is 0 Å². The van der Waals surface area contributed by atoms with Gasteiger partial charge in [0.2, 0.25) is 0 Å². The molecule has 3 nitrogen and oxygen atoms in total. The predicted molar refractivity (Wildman–Crippen MR) is 91.3 cm³/mol. The van der Waals surface area contributed by atoms with Gasteiger partial charge in [-0.3, -0.25) is 4.79 Å². The average molecular weight is 322 g/mol. The second-order valence-electron chi connectivity index (χ2n) is 9.65. The van der Waals surface area contributed by atoms with E-state index in [-0.39, 0.29) is 5.60 Å². The van der Waals surface area contributed by atoms with Gasteiger partial charge in [-0.05, 0) is 94.8 Å². The Morgan fingerprint density at radius 2 is 1.91 bits per heavy atom. The van der Waals surface area contributed by atoms with Crippen molar-refractivity contribution in [2.45, 2.75) is 90.8 Å². The molecule has 23 heavy (non-hydrogen) atoms. The highest BCUT2D eigenvalue weighted by molar-refractivity contribution is 5.67. The first-order valence-corrected chi connectivity index (χ1v) is 9.58. The lowest BCUT2D eigenvalue weighted by molar-refractivity contribution is -0.140. The monoisotopic (exact) mass is 322 g/mol. The number of carboxylic acid groups (broad SMARTS) is 1. The summed E-state index contributed by atoms with van der Waals surface area (Å²) in [4.78, 5) is 11.0. The molecular weight excluding hydrogens is 288 g/mol. The molecule has 0 aromatic rings. The summed E-state index contributed by atoms with van der Waals surface area (Å²) in [6, 6.07) is 0. The van der Waals surface area contributed by atoms with Crippen LogP contribution in [0.2, 0.25) is 0 Å². The maximum atomic E-state index is 11.0. The number of carbonyl (C=O) groups is 1. The van der Waals surface area contributed by atoms with Gasteiger partial charge in [0.25, 0.3) is 0 Å². The minimum atomic E-state index is -0.617. The first kappa shape index (κ1) is 17.3. The molecule has 3 heteroatoms. The van der Waals surface area contributed by atoms with Gasteiger partial charge in [-0.25, -0.2) is 0 Å². The van der Waals surface area contributed by atoms with Crippen LogP contribution in [0.5, 0.6) is 0 Å². The summed E-state index contributed by atoms with van der Waals surface area (Å²) in [6.07, 6.45) is 9.34. The van der Waals surface area contributed by atoms with Crippen molar-refractivity contribution in [1.29, 1.82) is 0 Å². The Balaban J connectivity index is 1.68. The minimum Gasteiger partial charge on any atom is -0.481 e. The van der Waals surface area contributed by atoms with Crippen molar-refractivity contribution in [2.24, 2.45) is 29.1 Å². The standard InChI is InChI=1S/C20H34O3/c1-19(2,3)23-17-8-7-16-15-6-5-13(12-18(21)22)11-14(15)9-10-20(16,17)4/h13-17H,5-12H2,1-4H3,(H,21,22)/t13-,14-,15-,16+,17+,20+/m0/s1. The molecule has 3 fully saturated rings. The summed E-state index contributed by atoms with van der Waals surface area (Å²) < 4.78 is 6.45. The molecule has 132 valence electrons. The molecule has 3 saturated carbocycles. The third-order valence-corrected chi connectivity index (χ3v) is 7.00. The van der Waals surface area contributed by atoms with Crippen molar-refractivity contribution in [3.8, 4) is 0 Å². The van der Waals surface area contributed by atoms with Crippen LogP contribution in [0.1, 0.15) is 79.1 Å². The zero-order valence-electron chi connectivity index (χ0n) is 15.3. The van der Waals surface area contributed by atoms with Crippen LogP contribution in [0.25, 0.3) is 0 Å². The minimum absolute atomic E-state index is 0.0570. The van der Waals surface area contributed by atoms with E-state index in [1.807, 2.05) is 0 Å². The van der Waals surface area contributed by atoms with Crippen molar-refractivity contribution in [3.63, 3.8) is 0 Å². The number of hydrogen-bond donors (Lipinski definition) is 1. The molecule has 3 rings (SSSR count). The molecule has 0 amide bonds. The topological polar surface area (TPSA) is 46.5 Å². The lowest BCUT2D eigenvalue weighted by atomic mass is 9.55. The molecule has 0 heterocycles. The largest absolute Gasteiger partial charge is 0.481 e. The van der Waals surface area contributed by atoms with Crippen molar-refractivity contribution in [3.05, 3.63) is 0 Å². The molecule has 0 saturated heterocycles. The SMILES string of the molecule is CC(C)(C)O[C@@H]1CC[C@@H]2[C@H]3CC[C@H](CC(=O)O)C[C@@H]3CC[C@]21C. The zero-order valence-corrected chi connectivity index (χ0v) is 15.3. The molecule has 0 aliphatic heterocycles. The van der Waals surface area contributed by atoms with E-state index in [0.717, 1.165) is 30.6 Å². The van der Waals surface area contributed by atoms with Crippen LogP contribution in [0.3, 0.4) is 0 Å². The number of rotatable bonds is 3. The summed E-state index contributed by atoms with van der Waals surface area (Å²) in [5.41, 5.74) is 0.284. The van der Waals surface area contributed by atoms with Crippen LogP contribution in [-0.4, -0.2) is 22.8 Å². The van der Waals surface area contributed by atoms with Gasteiger partial charge < -0.3 is 9.84 Å². The summed E-state index contributed by atoms with van der Waals surface area (Å²) >= 11 is 0. The summed E-state index contributed by atoms with van der Waals surface area (Å²) in [5, 5.41) is 9.08. The highest BCUT2D eigenvalue weighted by Crippen LogP contribution is 2.61. The predicted octanol–water partition coefficient (Wildman–Crippen LogP) is 4.89.